The molecular formula is C24H30ClN5O4. The number of ether oxygens (including phenoxy) is 2. The fourth-order valence-corrected chi connectivity index (χ4v) is 5.08. The number of rotatable bonds is 5. The monoisotopic (exact) mass is 487 g/mol. The summed E-state index contributed by atoms with van der Waals surface area (Å²) >= 11 is 6.65. The third-order valence-electron chi connectivity index (χ3n) is 6.79. The van der Waals surface area contributed by atoms with Crippen molar-refractivity contribution in [1.29, 1.82) is 0 Å². The predicted octanol–water partition coefficient (Wildman–Crippen LogP) is 4.84. The molecule has 2 unspecified atom stereocenters. The molecule has 9 nitrogen and oxygen atoms in total. The molecule has 2 aliphatic rings. The maximum Gasteiger partial charge on any atom is 0.305 e. The minimum atomic E-state index is -0.186. The average Bonchev–Trinajstić information content (AvgIpc) is 3.40. The number of aryl methyl sites for hydroxylation is 2. The van der Waals surface area contributed by atoms with Crippen molar-refractivity contribution in [3.05, 3.63) is 22.5 Å². The third kappa shape index (κ3) is 4.38. The summed E-state index contributed by atoms with van der Waals surface area (Å²) in [6.45, 7) is 6.14. The van der Waals surface area contributed by atoms with E-state index in [4.69, 9.17) is 35.5 Å². The molecule has 0 bridgehead atoms. The molecule has 0 amide bonds. The normalized spacial score (nSPS) is 21.2. The van der Waals surface area contributed by atoms with Crippen LogP contribution < -0.4 is 4.90 Å². The highest BCUT2D eigenvalue weighted by Crippen LogP contribution is 2.36. The lowest BCUT2D eigenvalue weighted by Crippen LogP contribution is -2.38. The zero-order valence-corrected chi connectivity index (χ0v) is 20.6. The fraction of sp³-hybridized carbons (Fsp3) is 0.583. The number of aromatic nitrogens is 4. The minimum absolute atomic E-state index is 0.182. The highest BCUT2D eigenvalue weighted by molar-refractivity contribution is 6.33. The number of piperidine rings is 1. The molecule has 2 saturated heterocycles. The molecule has 3 aromatic heterocycles. The zero-order valence-electron chi connectivity index (χ0n) is 19.8. The molecular weight excluding hydrogens is 458 g/mol. The van der Waals surface area contributed by atoms with Crippen LogP contribution in [0.3, 0.4) is 0 Å². The van der Waals surface area contributed by atoms with Gasteiger partial charge in [-0.05, 0) is 63.5 Å². The number of carbonyl (C=O) groups excluding carboxylic acids is 1. The summed E-state index contributed by atoms with van der Waals surface area (Å²) in [5, 5.41) is 0.283. The Labute approximate surface area is 203 Å². The Bertz CT molecular complexity index is 1180. The van der Waals surface area contributed by atoms with Gasteiger partial charge in [0.1, 0.15) is 17.5 Å². The van der Waals surface area contributed by atoms with Crippen LogP contribution in [0.25, 0.3) is 22.7 Å². The number of fused-ring (bicyclic) bond motifs is 1. The van der Waals surface area contributed by atoms with E-state index in [1.54, 1.807) is 0 Å². The highest BCUT2D eigenvalue weighted by atomic mass is 35.5. The number of hydrogen-bond acceptors (Lipinski definition) is 8. The van der Waals surface area contributed by atoms with Crippen molar-refractivity contribution in [2.75, 3.05) is 31.7 Å². The van der Waals surface area contributed by atoms with Crippen molar-refractivity contribution >= 4 is 34.7 Å². The van der Waals surface area contributed by atoms with E-state index >= 15 is 0 Å². The second kappa shape index (κ2) is 9.54. The van der Waals surface area contributed by atoms with E-state index in [-0.39, 0.29) is 23.3 Å². The largest absolute Gasteiger partial charge is 0.469 e. The van der Waals surface area contributed by atoms with Gasteiger partial charge in [-0.25, -0.2) is 15.0 Å². The number of methoxy groups -OCH3 is 1. The summed E-state index contributed by atoms with van der Waals surface area (Å²) in [5.74, 6) is 2.61. The fourth-order valence-electron chi connectivity index (χ4n) is 4.87. The van der Waals surface area contributed by atoms with Crippen LogP contribution in [-0.2, 0) is 14.3 Å². The van der Waals surface area contributed by atoms with E-state index in [1.807, 2.05) is 19.9 Å². The summed E-state index contributed by atoms with van der Waals surface area (Å²) in [6, 6.07) is 1.92. The van der Waals surface area contributed by atoms with Crippen LogP contribution in [0.5, 0.6) is 0 Å². The Hall–Kier alpha value is -2.65. The van der Waals surface area contributed by atoms with E-state index in [1.165, 1.54) is 7.11 Å². The lowest BCUT2D eigenvalue weighted by molar-refractivity contribution is -0.141. The van der Waals surface area contributed by atoms with Crippen molar-refractivity contribution in [3.63, 3.8) is 0 Å². The van der Waals surface area contributed by atoms with Crippen LogP contribution in [0.1, 0.15) is 56.1 Å². The van der Waals surface area contributed by atoms with Gasteiger partial charge in [-0.3, -0.25) is 9.36 Å². The first-order valence-corrected chi connectivity index (χ1v) is 12.3. The Morgan fingerprint density at radius 2 is 2.06 bits per heavy atom. The number of nitrogens with zero attached hydrogens (tertiary/aromatic N) is 5. The third-order valence-corrected chi connectivity index (χ3v) is 7.06. The molecule has 0 spiro atoms. The van der Waals surface area contributed by atoms with Crippen molar-refractivity contribution < 1.29 is 18.7 Å². The lowest BCUT2D eigenvalue weighted by Gasteiger charge is -2.35. The van der Waals surface area contributed by atoms with Gasteiger partial charge in [-0.2, -0.15) is 0 Å². The first-order valence-electron chi connectivity index (χ1n) is 11.9. The molecule has 5 heterocycles. The Morgan fingerprint density at radius 1 is 1.21 bits per heavy atom. The van der Waals surface area contributed by atoms with E-state index in [2.05, 4.69) is 14.5 Å². The van der Waals surface area contributed by atoms with Gasteiger partial charge in [0.15, 0.2) is 22.4 Å². The summed E-state index contributed by atoms with van der Waals surface area (Å²) in [4.78, 5) is 28.4. The summed E-state index contributed by atoms with van der Waals surface area (Å²) in [5.41, 5.74) is 2.22. The van der Waals surface area contributed by atoms with E-state index < -0.39 is 0 Å². The van der Waals surface area contributed by atoms with Gasteiger partial charge >= 0.3 is 5.97 Å². The number of furan rings is 1. The molecule has 34 heavy (non-hydrogen) atoms. The van der Waals surface area contributed by atoms with Crippen LogP contribution in [0.2, 0.25) is 5.15 Å². The van der Waals surface area contributed by atoms with Gasteiger partial charge in [0.25, 0.3) is 0 Å². The smallest absolute Gasteiger partial charge is 0.305 e. The van der Waals surface area contributed by atoms with Crippen molar-refractivity contribution in [1.82, 2.24) is 19.5 Å². The molecule has 0 radical (unpaired) electrons. The molecule has 2 aliphatic heterocycles. The van der Waals surface area contributed by atoms with Gasteiger partial charge < -0.3 is 18.8 Å². The van der Waals surface area contributed by atoms with Gasteiger partial charge in [0.05, 0.1) is 7.11 Å². The first-order chi connectivity index (χ1) is 16.4. The molecule has 2 atom stereocenters. The quantitative estimate of drug-likeness (QED) is 0.373. The maximum absolute atomic E-state index is 11.9. The van der Waals surface area contributed by atoms with Gasteiger partial charge in [-0.1, -0.05) is 11.6 Å². The zero-order chi connectivity index (χ0) is 23.8. The SMILES string of the molecule is COC(=O)CC1CCCN(c2nc3c(Cl)nc(-c4cc(C)c(C)o4)nc3n2C2CCCCO2)C1. The van der Waals surface area contributed by atoms with Crippen LogP contribution in [0.4, 0.5) is 5.95 Å². The van der Waals surface area contributed by atoms with Crippen molar-refractivity contribution in [2.45, 2.75) is 58.6 Å². The molecule has 0 saturated carbocycles. The van der Waals surface area contributed by atoms with Crippen molar-refractivity contribution in [2.24, 2.45) is 5.92 Å². The summed E-state index contributed by atoms with van der Waals surface area (Å²) in [6.07, 6.45) is 5.13. The first kappa shape index (κ1) is 23.1. The lowest BCUT2D eigenvalue weighted by atomic mass is 9.95. The van der Waals surface area contributed by atoms with Crippen LogP contribution in [0, 0.1) is 19.8 Å². The molecule has 3 aromatic rings. The molecule has 0 aliphatic carbocycles. The maximum atomic E-state index is 11.9. The standard InChI is InChI=1S/C24H30ClN5O4/c1-14-11-17(34-15(14)2)22-27-21(25)20-23(28-22)30(18-8-4-5-10-33-18)24(26-20)29-9-6-7-16(13-29)12-19(31)32-3/h11,16,18H,4-10,12-13H2,1-3H3. The van der Waals surface area contributed by atoms with Gasteiger partial charge in [0, 0.05) is 26.1 Å². The highest BCUT2D eigenvalue weighted by Gasteiger charge is 2.31. The second-order valence-corrected chi connectivity index (χ2v) is 9.56. The Morgan fingerprint density at radius 3 is 2.76 bits per heavy atom. The number of anilines is 1. The molecule has 5 rings (SSSR count). The molecule has 0 aromatic carbocycles. The number of hydrogen-bond donors (Lipinski definition) is 0. The van der Waals surface area contributed by atoms with Gasteiger partial charge in [0.2, 0.25) is 5.95 Å². The topological polar surface area (TPSA) is 95.5 Å². The summed E-state index contributed by atoms with van der Waals surface area (Å²) in [7, 11) is 1.43. The second-order valence-electron chi connectivity index (χ2n) is 9.20. The minimum Gasteiger partial charge on any atom is -0.469 e. The average molecular weight is 488 g/mol. The van der Waals surface area contributed by atoms with E-state index in [0.717, 1.165) is 55.9 Å². The molecule has 2 fully saturated rings. The van der Waals surface area contributed by atoms with Crippen LogP contribution in [-0.4, -0.2) is 52.3 Å². The van der Waals surface area contributed by atoms with Crippen LogP contribution >= 0.6 is 11.6 Å². The molecule has 0 N–H and O–H groups in total. The number of imidazole rings is 1. The Kier molecular flexibility index (Phi) is 6.48. The van der Waals surface area contributed by atoms with Gasteiger partial charge in [-0.15, -0.1) is 0 Å². The van der Waals surface area contributed by atoms with E-state index in [9.17, 15) is 4.79 Å². The number of carbonyl (C=O) groups is 1. The van der Waals surface area contributed by atoms with Crippen molar-refractivity contribution in [3.8, 4) is 11.6 Å². The predicted molar refractivity (Wildman–Crippen MR) is 128 cm³/mol. The summed E-state index contributed by atoms with van der Waals surface area (Å²) < 4.78 is 19.0. The molecule has 10 heteroatoms. The number of halogens is 1. The van der Waals surface area contributed by atoms with E-state index in [0.29, 0.717) is 42.3 Å². The molecule has 182 valence electrons. The van der Waals surface area contributed by atoms with Crippen LogP contribution in [0.15, 0.2) is 10.5 Å². The Balaban J connectivity index is 1.59. The number of esters is 1.